The van der Waals surface area contributed by atoms with Crippen LogP contribution in [0.3, 0.4) is 0 Å². The number of pyridine rings is 1. The van der Waals surface area contributed by atoms with Gasteiger partial charge in [0.25, 0.3) is 5.69 Å². The molecule has 22 heavy (non-hydrogen) atoms. The molecule has 3 rings (SSSR count). The van der Waals surface area contributed by atoms with Gasteiger partial charge in [-0.3, -0.25) is 10.1 Å². The van der Waals surface area contributed by atoms with Crippen LogP contribution in [-0.4, -0.2) is 9.91 Å². The average molecular weight is 335 g/mol. The number of aromatic nitrogens is 1. The molecule has 2 aromatic heterocycles. The summed E-state index contributed by atoms with van der Waals surface area (Å²) in [5.41, 5.74) is 1.42. The van der Waals surface area contributed by atoms with Crippen LogP contribution in [0.2, 0.25) is 5.15 Å². The van der Waals surface area contributed by atoms with Crippen LogP contribution in [0.5, 0.6) is 0 Å². The van der Waals surface area contributed by atoms with Crippen molar-refractivity contribution in [1.29, 1.82) is 0 Å². The number of benzene rings is 1. The highest BCUT2D eigenvalue weighted by Crippen LogP contribution is 2.42. The number of thiophene rings is 1. The van der Waals surface area contributed by atoms with Crippen molar-refractivity contribution in [1.82, 2.24) is 4.98 Å². The molecule has 1 aromatic carbocycles. The maximum atomic E-state index is 11.2. The SMILES string of the molecule is CC(C)(C)Cc1ccc2c(c1)sc1c(Cl)ncc([N+](=O)[O-])c12. The highest BCUT2D eigenvalue weighted by molar-refractivity contribution is 7.26. The predicted molar refractivity (Wildman–Crippen MR) is 91.9 cm³/mol. The Hall–Kier alpha value is -1.72. The minimum atomic E-state index is -0.402. The zero-order chi connectivity index (χ0) is 16.1. The Labute approximate surface area is 136 Å². The molecule has 0 amide bonds. The first-order chi connectivity index (χ1) is 10.3. The maximum Gasteiger partial charge on any atom is 0.296 e. The standard InChI is InChI=1S/C16H15ClN2O2S/c1-16(2,3)7-9-4-5-10-12(6-9)22-14-13(10)11(19(20)21)8-18-15(14)17/h4-6,8H,7H2,1-3H3. The summed E-state index contributed by atoms with van der Waals surface area (Å²) in [7, 11) is 0. The van der Waals surface area contributed by atoms with Gasteiger partial charge in [-0.15, -0.1) is 11.3 Å². The summed E-state index contributed by atoms with van der Waals surface area (Å²) >= 11 is 7.59. The molecule has 0 saturated heterocycles. The number of halogens is 1. The molecule has 2 heterocycles. The fourth-order valence-electron chi connectivity index (χ4n) is 2.64. The fraction of sp³-hybridized carbons (Fsp3) is 0.312. The lowest BCUT2D eigenvalue weighted by Gasteiger charge is -2.17. The van der Waals surface area contributed by atoms with E-state index in [1.54, 1.807) is 0 Å². The van der Waals surface area contributed by atoms with Gasteiger partial charge in [-0.05, 0) is 23.5 Å². The normalized spacial score (nSPS) is 12.2. The lowest BCUT2D eigenvalue weighted by molar-refractivity contribution is -0.383. The van der Waals surface area contributed by atoms with Crippen LogP contribution < -0.4 is 0 Å². The zero-order valence-electron chi connectivity index (χ0n) is 12.5. The predicted octanol–water partition coefficient (Wildman–Crippen LogP) is 5.60. The van der Waals surface area contributed by atoms with Gasteiger partial charge in [-0.25, -0.2) is 4.98 Å². The van der Waals surface area contributed by atoms with Gasteiger partial charge in [0.15, 0.2) is 0 Å². The van der Waals surface area contributed by atoms with Crippen molar-refractivity contribution in [2.45, 2.75) is 27.2 Å². The average Bonchev–Trinajstić information content (AvgIpc) is 2.76. The molecule has 0 bridgehead atoms. The molecule has 0 atom stereocenters. The van der Waals surface area contributed by atoms with Crippen molar-refractivity contribution >= 4 is 48.8 Å². The van der Waals surface area contributed by atoms with Crippen LogP contribution in [0.1, 0.15) is 26.3 Å². The summed E-state index contributed by atoms with van der Waals surface area (Å²) < 4.78 is 1.69. The quantitative estimate of drug-likeness (QED) is 0.348. The lowest BCUT2D eigenvalue weighted by atomic mass is 9.88. The highest BCUT2D eigenvalue weighted by Gasteiger charge is 2.21. The van der Waals surface area contributed by atoms with Crippen LogP contribution >= 0.6 is 22.9 Å². The van der Waals surface area contributed by atoms with Crippen molar-refractivity contribution in [2.24, 2.45) is 5.41 Å². The Morgan fingerprint density at radius 2 is 2.09 bits per heavy atom. The molecule has 0 aliphatic carbocycles. The Morgan fingerprint density at radius 1 is 1.36 bits per heavy atom. The van der Waals surface area contributed by atoms with E-state index in [-0.39, 0.29) is 11.1 Å². The van der Waals surface area contributed by atoms with Gasteiger partial charge in [0.05, 0.1) is 15.0 Å². The Kier molecular flexibility index (Phi) is 3.57. The molecule has 0 unspecified atom stereocenters. The van der Waals surface area contributed by atoms with Gasteiger partial charge >= 0.3 is 0 Å². The molecular weight excluding hydrogens is 320 g/mol. The van der Waals surface area contributed by atoms with Crippen LogP contribution in [0.25, 0.3) is 20.2 Å². The Morgan fingerprint density at radius 3 is 2.73 bits per heavy atom. The van der Waals surface area contributed by atoms with Gasteiger partial charge in [-0.2, -0.15) is 0 Å². The summed E-state index contributed by atoms with van der Waals surface area (Å²) in [4.78, 5) is 14.8. The van der Waals surface area contributed by atoms with E-state index < -0.39 is 4.92 Å². The summed E-state index contributed by atoms with van der Waals surface area (Å²) in [5.74, 6) is 0. The number of nitrogens with zero attached hydrogens (tertiary/aromatic N) is 2. The summed E-state index contributed by atoms with van der Waals surface area (Å²) in [6, 6.07) is 6.10. The summed E-state index contributed by atoms with van der Waals surface area (Å²) in [5, 5.41) is 13.0. The first kappa shape index (κ1) is 15.2. The zero-order valence-corrected chi connectivity index (χ0v) is 14.1. The first-order valence-corrected chi connectivity index (χ1v) is 8.10. The van der Waals surface area contributed by atoms with E-state index in [0.29, 0.717) is 15.2 Å². The second kappa shape index (κ2) is 5.18. The molecule has 0 saturated carbocycles. The van der Waals surface area contributed by atoms with Gasteiger partial charge in [0, 0.05) is 10.1 Å². The number of fused-ring (bicyclic) bond motifs is 3. The summed E-state index contributed by atoms with van der Waals surface area (Å²) in [6.45, 7) is 6.56. The third kappa shape index (κ3) is 2.66. The molecule has 0 fully saturated rings. The third-order valence-electron chi connectivity index (χ3n) is 3.43. The minimum Gasteiger partial charge on any atom is -0.258 e. The largest absolute Gasteiger partial charge is 0.296 e. The van der Waals surface area contributed by atoms with Crippen molar-refractivity contribution < 1.29 is 4.92 Å². The Balaban J connectivity index is 2.28. The Bertz CT molecular complexity index is 896. The van der Waals surface area contributed by atoms with Crippen molar-refractivity contribution in [3.8, 4) is 0 Å². The molecular formula is C16H15ClN2O2S. The van der Waals surface area contributed by atoms with Crippen LogP contribution in [0.4, 0.5) is 5.69 Å². The first-order valence-electron chi connectivity index (χ1n) is 6.90. The number of hydrogen-bond donors (Lipinski definition) is 0. The van der Waals surface area contributed by atoms with Crippen LogP contribution in [-0.2, 0) is 6.42 Å². The molecule has 0 N–H and O–H groups in total. The fourth-order valence-corrected chi connectivity index (χ4v) is 4.07. The van der Waals surface area contributed by atoms with Crippen molar-refractivity contribution in [3.63, 3.8) is 0 Å². The molecule has 4 nitrogen and oxygen atoms in total. The molecule has 0 aliphatic heterocycles. The molecule has 0 spiro atoms. The van der Waals surface area contributed by atoms with E-state index in [1.165, 1.54) is 23.1 Å². The van der Waals surface area contributed by atoms with E-state index >= 15 is 0 Å². The second-order valence-electron chi connectivity index (χ2n) is 6.57. The number of nitro groups is 1. The lowest BCUT2D eigenvalue weighted by Crippen LogP contribution is -2.08. The van der Waals surface area contributed by atoms with E-state index in [4.69, 9.17) is 11.6 Å². The van der Waals surface area contributed by atoms with Crippen LogP contribution in [0, 0.1) is 15.5 Å². The molecule has 114 valence electrons. The molecule has 0 radical (unpaired) electrons. The molecule has 0 aliphatic rings. The van der Waals surface area contributed by atoms with Crippen molar-refractivity contribution in [2.75, 3.05) is 0 Å². The summed E-state index contributed by atoms with van der Waals surface area (Å²) in [6.07, 6.45) is 2.19. The van der Waals surface area contributed by atoms with Crippen molar-refractivity contribution in [3.05, 3.63) is 45.2 Å². The smallest absolute Gasteiger partial charge is 0.258 e. The second-order valence-corrected chi connectivity index (χ2v) is 7.98. The van der Waals surface area contributed by atoms with Gasteiger partial charge < -0.3 is 0 Å². The maximum absolute atomic E-state index is 11.2. The van der Waals surface area contributed by atoms with E-state index in [1.807, 2.05) is 12.1 Å². The van der Waals surface area contributed by atoms with Gasteiger partial charge in [0.2, 0.25) is 0 Å². The molecule has 3 aromatic rings. The molecule has 6 heteroatoms. The van der Waals surface area contributed by atoms with E-state index in [2.05, 4.69) is 31.8 Å². The number of hydrogen-bond acceptors (Lipinski definition) is 4. The van der Waals surface area contributed by atoms with E-state index in [9.17, 15) is 10.1 Å². The van der Waals surface area contributed by atoms with Gasteiger partial charge in [0.1, 0.15) is 11.3 Å². The minimum absolute atomic E-state index is 0.00854. The van der Waals surface area contributed by atoms with Gasteiger partial charge in [-0.1, -0.05) is 44.5 Å². The topological polar surface area (TPSA) is 56.0 Å². The third-order valence-corrected chi connectivity index (χ3v) is 4.99. The highest BCUT2D eigenvalue weighted by atomic mass is 35.5. The van der Waals surface area contributed by atoms with E-state index in [0.717, 1.165) is 16.5 Å². The van der Waals surface area contributed by atoms with Crippen LogP contribution in [0.15, 0.2) is 24.4 Å². The monoisotopic (exact) mass is 334 g/mol. The number of rotatable bonds is 2.